The molecule has 1 fully saturated rings. The first-order valence-corrected chi connectivity index (χ1v) is 26.0. The first-order chi connectivity index (χ1) is 36.7. The highest BCUT2D eigenvalue weighted by molar-refractivity contribution is 5.98. The number of likely N-dealkylation sites (tertiary alicyclic amines) is 1. The van der Waals surface area contributed by atoms with Crippen LogP contribution < -0.4 is 72.0 Å². The lowest BCUT2D eigenvalue weighted by Crippen LogP contribution is -2.61. The fourth-order valence-electron chi connectivity index (χ4n) is 8.33. The van der Waals surface area contributed by atoms with Crippen LogP contribution in [0.3, 0.4) is 0 Å². The molecule has 1 aromatic carbocycles. The molecule has 1 aliphatic heterocycles. The van der Waals surface area contributed by atoms with Crippen molar-refractivity contribution >= 4 is 71.2 Å². The summed E-state index contributed by atoms with van der Waals surface area (Å²) in [5, 5.41) is 45.3. The van der Waals surface area contributed by atoms with E-state index in [9.17, 15) is 58.5 Å². The zero-order chi connectivity index (χ0) is 58.6. The number of amides is 7. The Kier molecular flexibility index (Phi) is 28.8. The third-order valence-electron chi connectivity index (χ3n) is 12.7. The van der Waals surface area contributed by atoms with Crippen LogP contribution in [0.1, 0.15) is 110 Å². The average Bonchev–Trinajstić information content (AvgIpc) is 3.88. The summed E-state index contributed by atoms with van der Waals surface area (Å²) in [7, 11) is 0. The lowest BCUT2D eigenvalue weighted by atomic mass is 9.96. The first kappa shape index (κ1) is 66.1. The van der Waals surface area contributed by atoms with E-state index >= 15 is 0 Å². The summed E-state index contributed by atoms with van der Waals surface area (Å²) < 4.78 is 0. The van der Waals surface area contributed by atoms with Crippen LogP contribution in [-0.2, 0) is 49.6 Å². The van der Waals surface area contributed by atoms with Gasteiger partial charge in [-0.1, -0.05) is 46.2 Å². The van der Waals surface area contributed by atoms with E-state index in [4.69, 9.17) is 40.1 Å². The van der Waals surface area contributed by atoms with E-state index in [1.54, 1.807) is 13.8 Å². The maximum Gasteiger partial charge on any atom is 0.326 e. The van der Waals surface area contributed by atoms with Gasteiger partial charge in [-0.05, 0) is 93.7 Å². The third kappa shape index (κ3) is 24.3. The second kappa shape index (κ2) is 33.9. The van der Waals surface area contributed by atoms with Gasteiger partial charge in [-0.15, -0.1) is 0 Å². The van der Waals surface area contributed by atoms with Gasteiger partial charge >= 0.3 is 11.9 Å². The number of hydrogen-bond acceptors (Lipinski definition) is 14. The molecule has 9 atom stereocenters. The zero-order valence-corrected chi connectivity index (χ0v) is 44.9. The molecule has 436 valence electrons. The molecule has 0 saturated carbocycles. The summed E-state index contributed by atoms with van der Waals surface area (Å²) in [4.78, 5) is 136. The van der Waals surface area contributed by atoms with Gasteiger partial charge in [0.15, 0.2) is 17.9 Å². The second-order valence-electron chi connectivity index (χ2n) is 19.6. The standard InChI is InChI=1S/C49H83N17O12/c1-5-27(4)38(65-41(72)31(10-6-20-57-47(51)52)60-39(70)30(50)24-26(2)3)44(75)64-35(25-28-14-16-29(67)17-15-28)42(73)61-32(18-19-37(68)69)40(71)62-33(11-7-21-58-48(53)54)45(76)66-23-9-13-36(66)43(74)63-34(46(77)78)12-8-22-59-49(55)56/h14-17,26-27,30-36,38,67H,5-13,18-25,50H2,1-4H3,(H,60,70)(H,61,73)(H,62,71)(H,63,74)(H,64,75)(H,65,72)(H,68,69)(H,77,78)(H4,51,52,57)(H4,53,54,58)(H4,55,56,59)/t27-,30-,31-,32-,33-,34-,35-,36-,38-/m0/s1. The van der Waals surface area contributed by atoms with Crippen molar-refractivity contribution in [3.63, 3.8) is 0 Å². The quantitative estimate of drug-likeness (QED) is 0.0177. The van der Waals surface area contributed by atoms with Crippen LogP contribution in [-0.4, -0.2) is 166 Å². The van der Waals surface area contributed by atoms with Gasteiger partial charge in [-0.25, -0.2) is 4.79 Å². The number of nitrogens with zero attached hydrogens (tertiary/aromatic N) is 4. The highest BCUT2D eigenvalue weighted by Gasteiger charge is 2.40. The molecule has 1 saturated heterocycles. The van der Waals surface area contributed by atoms with Crippen molar-refractivity contribution in [1.82, 2.24) is 36.8 Å². The van der Waals surface area contributed by atoms with Crippen LogP contribution in [0, 0.1) is 11.8 Å². The maximum atomic E-state index is 14.5. The maximum absolute atomic E-state index is 14.5. The van der Waals surface area contributed by atoms with Crippen molar-refractivity contribution in [1.29, 1.82) is 0 Å². The summed E-state index contributed by atoms with van der Waals surface area (Å²) in [6, 6.07) is -4.96. The van der Waals surface area contributed by atoms with Crippen LogP contribution in [0.4, 0.5) is 0 Å². The van der Waals surface area contributed by atoms with Gasteiger partial charge in [0.05, 0.1) is 6.04 Å². The smallest absolute Gasteiger partial charge is 0.326 e. The van der Waals surface area contributed by atoms with Crippen LogP contribution in [0.5, 0.6) is 5.75 Å². The molecule has 2 rings (SSSR count). The molecule has 1 aromatic rings. The van der Waals surface area contributed by atoms with E-state index in [2.05, 4.69) is 46.9 Å². The minimum atomic E-state index is -1.66. The number of carbonyl (C=O) groups excluding carboxylic acids is 7. The number of hydrogen-bond donors (Lipinski definition) is 16. The summed E-state index contributed by atoms with van der Waals surface area (Å²) in [5.41, 5.74) is 39.2. The number of aliphatic imine (C=N–C) groups is 3. The fourth-order valence-corrected chi connectivity index (χ4v) is 8.33. The fraction of sp³-hybridized carbons (Fsp3) is 0.633. The van der Waals surface area contributed by atoms with Crippen LogP contribution in [0.25, 0.3) is 0 Å². The van der Waals surface area contributed by atoms with Gasteiger partial charge in [-0.2, -0.15) is 0 Å². The predicted octanol–water partition coefficient (Wildman–Crippen LogP) is -3.64. The largest absolute Gasteiger partial charge is 0.508 e. The van der Waals surface area contributed by atoms with E-state index in [0.717, 1.165) is 0 Å². The van der Waals surface area contributed by atoms with Gasteiger partial charge < -0.3 is 92.3 Å². The Bertz CT molecular complexity index is 2270. The number of benzene rings is 1. The molecule has 1 heterocycles. The lowest BCUT2D eigenvalue weighted by molar-refractivity contribution is -0.145. The number of phenolic OH excluding ortho intramolecular Hbond substituents is 1. The number of carboxylic acids is 2. The molecule has 29 nitrogen and oxygen atoms in total. The molecule has 0 spiro atoms. The van der Waals surface area contributed by atoms with E-state index in [1.165, 1.54) is 29.2 Å². The molecule has 0 aromatic heterocycles. The Hall–Kier alpha value is -7.98. The van der Waals surface area contributed by atoms with Gasteiger partial charge in [0.25, 0.3) is 0 Å². The first-order valence-electron chi connectivity index (χ1n) is 26.0. The highest BCUT2D eigenvalue weighted by atomic mass is 16.4. The summed E-state index contributed by atoms with van der Waals surface area (Å²) in [6.07, 6.45) is 0.122. The SMILES string of the molecule is CC[C@H](C)[C@H](NC(=O)[C@H](CCCN=C(N)N)NC(=O)[C@@H](N)CC(C)C)C(=O)N[C@@H](Cc1ccc(O)cc1)C(=O)N[C@@H](CCC(=O)O)C(=O)N[C@@H](CCCN=C(N)N)C(=O)N1CCC[C@H]1C(=O)N[C@@H](CCCN=C(N)N)C(=O)O. The molecule has 0 bridgehead atoms. The summed E-state index contributed by atoms with van der Waals surface area (Å²) in [6.45, 7) is 7.44. The van der Waals surface area contributed by atoms with Crippen molar-refractivity contribution in [3.05, 3.63) is 29.8 Å². The normalized spacial score (nSPS) is 16.0. The van der Waals surface area contributed by atoms with Gasteiger partial charge in [-0.3, -0.25) is 53.3 Å². The van der Waals surface area contributed by atoms with Crippen molar-refractivity contribution < 1.29 is 58.5 Å². The molecular formula is C49H83N17O12. The Morgan fingerprint density at radius 2 is 1.10 bits per heavy atom. The molecule has 0 unspecified atom stereocenters. The van der Waals surface area contributed by atoms with Gasteiger partial charge in [0.2, 0.25) is 41.4 Å². The van der Waals surface area contributed by atoms with Crippen LogP contribution >= 0.6 is 0 Å². The minimum absolute atomic E-state index is 0.00311. The number of nitrogens with one attached hydrogen (secondary N) is 6. The number of rotatable bonds is 35. The lowest BCUT2D eigenvalue weighted by Gasteiger charge is -2.31. The Morgan fingerprint density at radius 1 is 0.628 bits per heavy atom. The van der Waals surface area contributed by atoms with Crippen LogP contribution in [0.2, 0.25) is 0 Å². The molecule has 78 heavy (non-hydrogen) atoms. The second-order valence-corrected chi connectivity index (χ2v) is 19.6. The average molecular weight is 1100 g/mol. The van der Waals surface area contributed by atoms with Crippen molar-refractivity contribution in [2.45, 2.75) is 160 Å². The number of phenols is 1. The number of guanidine groups is 3. The van der Waals surface area contributed by atoms with E-state index in [0.29, 0.717) is 24.8 Å². The van der Waals surface area contributed by atoms with Crippen LogP contribution in [0.15, 0.2) is 39.2 Å². The van der Waals surface area contributed by atoms with Gasteiger partial charge in [0, 0.05) is 39.0 Å². The van der Waals surface area contributed by atoms with Gasteiger partial charge in [0.1, 0.15) is 48.0 Å². The zero-order valence-electron chi connectivity index (χ0n) is 44.9. The summed E-state index contributed by atoms with van der Waals surface area (Å²) >= 11 is 0. The Labute approximate surface area is 453 Å². The van der Waals surface area contributed by atoms with E-state index in [1.807, 2.05) is 13.8 Å². The summed E-state index contributed by atoms with van der Waals surface area (Å²) in [5.74, 6) is -9.66. The molecule has 0 aliphatic carbocycles. The molecule has 7 amide bonds. The van der Waals surface area contributed by atoms with Crippen molar-refractivity contribution in [2.75, 3.05) is 26.2 Å². The third-order valence-corrected chi connectivity index (χ3v) is 12.7. The number of aliphatic carboxylic acids is 2. The topological polar surface area (TPSA) is 509 Å². The minimum Gasteiger partial charge on any atom is -0.508 e. The van der Waals surface area contributed by atoms with E-state index in [-0.39, 0.29) is 107 Å². The number of carbonyl (C=O) groups is 9. The predicted molar refractivity (Wildman–Crippen MR) is 289 cm³/mol. The Balaban J connectivity index is 2.54. The number of aromatic hydroxyl groups is 1. The molecule has 1 aliphatic rings. The Morgan fingerprint density at radius 3 is 1.62 bits per heavy atom. The highest BCUT2D eigenvalue weighted by Crippen LogP contribution is 2.21. The van der Waals surface area contributed by atoms with Crippen molar-refractivity contribution in [2.24, 2.45) is 66.9 Å². The number of carboxylic acid groups (broad SMARTS) is 2. The number of nitrogens with two attached hydrogens (primary N) is 7. The molecule has 23 N–H and O–H groups in total. The molecular weight excluding hydrogens is 1020 g/mol. The van der Waals surface area contributed by atoms with E-state index < -0.39 is 120 Å². The monoisotopic (exact) mass is 1100 g/mol. The molecule has 0 radical (unpaired) electrons. The molecule has 29 heteroatoms. The van der Waals surface area contributed by atoms with Crippen molar-refractivity contribution in [3.8, 4) is 5.75 Å².